The van der Waals surface area contributed by atoms with E-state index in [0.717, 1.165) is 61.7 Å². The summed E-state index contributed by atoms with van der Waals surface area (Å²) in [5, 5.41) is 2.45. The Morgan fingerprint density at radius 1 is 0.385 bits per heavy atom. The third-order valence-electron chi connectivity index (χ3n) is 10.4. The van der Waals surface area contributed by atoms with Crippen LogP contribution in [0.5, 0.6) is 0 Å². The standard InChI is InChI=1S/C49H32N2O/c52-49-43-18-8-7-16-40(43)42-19-11-21-47(48(42)49)50(38-27-22-34(23-28-38)33-12-3-1-4-13-33)39-29-24-35(25-30-39)36-26-31-46-44(32-36)41-17-9-10-20-45(41)51(46)37-14-5-2-6-15-37/h1-32H. The van der Waals surface area contributed by atoms with Gasteiger partial charge in [0.05, 0.1) is 22.3 Å². The van der Waals surface area contributed by atoms with Gasteiger partial charge in [0.25, 0.3) is 0 Å². The van der Waals surface area contributed by atoms with E-state index in [-0.39, 0.29) is 5.78 Å². The maximum atomic E-state index is 14.0. The maximum absolute atomic E-state index is 14.0. The van der Waals surface area contributed by atoms with Crippen LogP contribution in [0.3, 0.4) is 0 Å². The number of rotatable bonds is 6. The van der Waals surface area contributed by atoms with E-state index in [1.807, 2.05) is 30.3 Å². The van der Waals surface area contributed by atoms with Crippen molar-refractivity contribution >= 4 is 44.7 Å². The van der Waals surface area contributed by atoms with Crippen molar-refractivity contribution in [2.75, 3.05) is 4.90 Å². The van der Waals surface area contributed by atoms with Gasteiger partial charge in [-0.3, -0.25) is 4.79 Å². The van der Waals surface area contributed by atoms with Gasteiger partial charge in [0.15, 0.2) is 5.78 Å². The lowest BCUT2D eigenvalue weighted by atomic mass is 10.0. The summed E-state index contributed by atoms with van der Waals surface area (Å²) in [7, 11) is 0. The molecule has 1 heterocycles. The number of nitrogens with zero attached hydrogens (tertiary/aromatic N) is 2. The zero-order chi connectivity index (χ0) is 34.6. The fraction of sp³-hybridized carbons (Fsp3) is 0. The number of benzene rings is 8. The van der Waals surface area contributed by atoms with Crippen LogP contribution in [0.1, 0.15) is 15.9 Å². The first-order chi connectivity index (χ1) is 25.7. The van der Waals surface area contributed by atoms with E-state index in [1.54, 1.807) is 0 Å². The van der Waals surface area contributed by atoms with E-state index in [1.165, 1.54) is 27.4 Å². The first-order valence-corrected chi connectivity index (χ1v) is 17.6. The number of carbonyl (C=O) groups excluding carboxylic acids is 1. The third kappa shape index (κ3) is 4.79. The first-order valence-electron chi connectivity index (χ1n) is 17.6. The van der Waals surface area contributed by atoms with E-state index in [9.17, 15) is 4.79 Å². The number of aromatic nitrogens is 1. The van der Waals surface area contributed by atoms with Gasteiger partial charge in [-0.15, -0.1) is 0 Å². The lowest BCUT2D eigenvalue weighted by Crippen LogP contribution is -2.13. The van der Waals surface area contributed by atoms with Gasteiger partial charge in [-0.1, -0.05) is 133 Å². The average molecular weight is 665 g/mol. The van der Waals surface area contributed by atoms with Crippen molar-refractivity contribution in [3.8, 4) is 39.1 Å². The fourth-order valence-corrected chi connectivity index (χ4v) is 7.91. The Morgan fingerprint density at radius 3 is 1.65 bits per heavy atom. The monoisotopic (exact) mass is 664 g/mol. The number of hydrogen-bond acceptors (Lipinski definition) is 2. The molecular weight excluding hydrogens is 633 g/mol. The van der Waals surface area contributed by atoms with Crippen molar-refractivity contribution in [2.45, 2.75) is 0 Å². The average Bonchev–Trinajstić information content (AvgIpc) is 3.71. The summed E-state index contributed by atoms with van der Waals surface area (Å²) in [5.41, 5.74) is 14.4. The van der Waals surface area contributed by atoms with Crippen LogP contribution in [-0.2, 0) is 0 Å². The molecule has 9 aromatic rings. The Balaban J connectivity index is 1.09. The predicted octanol–water partition coefficient (Wildman–Crippen LogP) is 12.8. The maximum Gasteiger partial charge on any atom is 0.196 e. The van der Waals surface area contributed by atoms with Crippen LogP contribution >= 0.6 is 0 Å². The van der Waals surface area contributed by atoms with Crippen molar-refractivity contribution in [1.29, 1.82) is 0 Å². The van der Waals surface area contributed by atoms with Crippen LogP contribution in [0.15, 0.2) is 194 Å². The van der Waals surface area contributed by atoms with Gasteiger partial charge in [-0.05, 0) is 94.0 Å². The lowest BCUT2D eigenvalue weighted by molar-refractivity contribution is 0.104. The van der Waals surface area contributed by atoms with Crippen molar-refractivity contribution in [2.24, 2.45) is 0 Å². The quantitative estimate of drug-likeness (QED) is 0.177. The van der Waals surface area contributed by atoms with Gasteiger partial charge in [0.2, 0.25) is 0 Å². The minimum Gasteiger partial charge on any atom is -0.310 e. The molecule has 0 radical (unpaired) electrons. The van der Waals surface area contributed by atoms with E-state index >= 15 is 0 Å². The Hall–Kier alpha value is -6.97. The zero-order valence-electron chi connectivity index (χ0n) is 28.3. The molecule has 0 N–H and O–H groups in total. The van der Waals surface area contributed by atoms with Gasteiger partial charge in [0.1, 0.15) is 0 Å². The topological polar surface area (TPSA) is 25.2 Å². The molecular formula is C49H32N2O. The van der Waals surface area contributed by atoms with Crippen molar-refractivity contribution in [3.63, 3.8) is 0 Å². The summed E-state index contributed by atoms with van der Waals surface area (Å²) in [4.78, 5) is 16.2. The van der Waals surface area contributed by atoms with E-state index < -0.39 is 0 Å². The lowest BCUT2D eigenvalue weighted by Gasteiger charge is -2.27. The molecule has 52 heavy (non-hydrogen) atoms. The molecule has 0 saturated heterocycles. The molecule has 8 aromatic carbocycles. The second-order valence-corrected chi connectivity index (χ2v) is 13.3. The summed E-state index contributed by atoms with van der Waals surface area (Å²) < 4.78 is 2.34. The molecule has 3 nitrogen and oxygen atoms in total. The molecule has 0 amide bonds. The molecule has 0 fully saturated rings. The second-order valence-electron chi connectivity index (χ2n) is 13.3. The Bertz CT molecular complexity index is 2780. The highest BCUT2D eigenvalue weighted by Gasteiger charge is 2.31. The molecule has 0 spiro atoms. The van der Waals surface area contributed by atoms with Gasteiger partial charge in [0, 0.05) is 33.4 Å². The molecule has 0 atom stereocenters. The zero-order valence-corrected chi connectivity index (χ0v) is 28.3. The van der Waals surface area contributed by atoms with Crippen LogP contribution < -0.4 is 4.90 Å². The predicted molar refractivity (Wildman–Crippen MR) is 215 cm³/mol. The summed E-state index contributed by atoms with van der Waals surface area (Å²) in [6, 6.07) is 67.8. The van der Waals surface area contributed by atoms with Gasteiger partial charge < -0.3 is 9.47 Å². The molecule has 0 saturated carbocycles. The minimum absolute atomic E-state index is 0.0618. The third-order valence-corrected chi connectivity index (χ3v) is 10.4. The SMILES string of the molecule is O=C1c2ccccc2-c2cccc(N(c3ccc(-c4ccccc4)cc3)c3ccc(-c4ccc5c(c4)c4ccccc4n5-c4ccccc4)cc3)c21. The Labute approximate surface area is 302 Å². The number of fused-ring (bicyclic) bond motifs is 6. The molecule has 0 bridgehead atoms. The van der Waals surface area contributed by atoms with Gasteiger partial charge in [-0.25, -0.2) is 0 Å². The van der Waals surface area contributed by atoms with Crippen LogP contribution in [0.2, 0.25) is 0 Å². The molecule has 1 aromatic heterocycles. The summed E-state index contributed by atoms with van der Waals surface area (Å²) in [6.45, 7) is 0. The number of ketones is 1. The highest BCUT2D eigenvalue weighted by atomic mass is 16.1. The van der Waals surface area contributed by atoms with Crippen LogP contribution in [0.4, 0.5) is 17.1 Å². The van der Waals surface area contributed by atoms with E-state index in [2.05, 4.69) is 173 Å². The summed E-state index contributed by atoms with van der Waals surface area (Å²) >= 11 is 0. The highest BCUT2D eigenvalue weighted by Crippen LogP contribution is 2.46. The normalized spacial score (nSPS) is 11.9. The van der Waals surface area contributed by atoms with Crippen molar-refractivity contribution < 1.29 is 4.79 Å². The fourth-order valence-electron chi connectivity index (χ4n) is 7.91. The van der Waals surface area contributed by atoms with Crippen LogP contribution in [-0.4, -0.2) is 10.4 Å². The van der Waals surface area contributed by atoms with Crippen molar-refractivity contribution in [1.82, 2.24) is 4.57 Å². The summed E-state index contributed by atoms with van der Waals surface area (Å²) in [6.07, 6.45) is 0. The molecule has 1 aliphatic carbocycles. The molecule has 10 rings (SSSR count). The largest absolute Gasteiger partial charge is 0.310 e. The minimum atomic E-state index is 0.0618. The van der Waals surface area contributed by atoms with Gasteiger partial charge in [-0.2, -0.15) is 0 Å². The van der Waals surface area contributed by atoms with Crippen molar-refractivity contribution in [3.05, 3.63) is 205 Å². The first kappa shape index (κ1) is 29.9. The number of para-hydroxylation sites is 2. The number of anilines is 3. The number of hydrogen-bond donors (Lipinski definition) is 0. The van der Waals surface area contributed by atoms with E-state index in [0.29, 0.717) is 0 Å². The van der Waals surface area contributed by atoms with Crippen LogP contribution in [0.25, 0.3) is 60.9 Å². The highest BCUT2D eigenvalue weighted by molar-refractivity contribution is 6.25. The smallest absolute Gasteiger partial charge is 0.196 e. The second kappa shape index (κ2) is 12.1. The molecule has 3 heteroatoms. The van der Waals surface area contributed by atoms with Gasteiger partial charge >= 0.3 is 0 Å². The number of carbonyl (C=O) groups is 1. The van der Waals surface area contributed by atoms with E-state index in [4.69, 9.17) is 0 Å². The molecule has 0 aliphatic heterocycles. The summed E-state index contributed by atoms with van der Waals surface area (Å²) in [5.74, 6) is 0.0618. The Morgan fingerprint density at radius 2 is 0.923 bits per heavy atom. The Kier molecular flexibility index (Phi) is 6.97. The molecule has 1 aliphatic rings. The van der Waals surface area contributed by atoms with Crippen LogP contribution in [0, 0.1) is 0 Å². The molecule has 0 unspecified atom stereocenters. The molecule has 244 valence electrons.